The first-order valence-electron chi connectivity index (χ1n) is 11.8. The highest BCUT2D eigenvalue weighted by atomic mass is 16.2. The van der Waals surface area contributed by atoms with E-state index in [1.54, 1.807) is 0 Å². The zero-order valence-electron chi connectivity index (χ0n) is 21.0. The molecule has 0 aromatic carbocycles. The highest BCUT2D eigenvalue weighted by molar-refractivity contribution is 5.90. The molecule has 0 radical (unpaired) electrons. The summed E-state index contributed by atoms with van der Waals surface area (Å²) in [6.45, 7) is 11.9. The summed E-state index contributed by atoms with van der Waals surface area (Å²) in [5.74, 6) is -0.288. The van der Waals surface area contributed by atoms with E-state index in [-0.39, 0.29) is 28.9 Å². The minimum Gasteiger partial charge on any atom is -0.355 e. The SMILES string of the molecule is CC(=O)NCCNC(C)(C)C(/C=C\CNC(=O)c1ncc(C#N)[nH]1)=C/CC1=CCC(C)(C)CC1. The lowest BCUT2D eigenvalue weighted by Gasteiger charge is -2.30. The molecule has 184 valence electrons. The molecule has 0 spiro atoms. The van der Waals surface area contributed by atoms with E-state index in [1.165, 1.54) is 25.1 Å². The molecular formula is C26H38N6O2. The molecule has 34 heavy (non-hydrogen) atoms. The van der Waals surface area contributed by atoms with Crippen molar-refractivity contribution in [3.8, 4) is 6.07 Å². The first-order valence-corrected chi connectivity index (χ1v) is 11.8. The summed E-state index contributed by atoms with van der Waals surface area (Å²) < 4.78 is 0. The molecule has 0 bridgehead atoms. The summed E-state index contributed by atoms with van der Waals surface area (Å²) in [7, 11) is 0. The fourth-order valence-corrected chi connectivity index (χ4v) is 3.71. The number of aromatic amines is 1. The van der Waals surface area contributed by atoms with Gasteiger partial charge < -0.3 is 20.9 Å². The number of allylic oxidation sites excluding steroid dienone is 3. The van der Waals surface area contributed by atoms with Crippen LogP contribution in [0.4, 0.5) is 0 Å². The number of aromatic nitrogens is 2. The number of carbonyl (C=O) groups is 2. The number of carbonyl (C=O) groups excluding carboxylic acids is 2. The molecule has 0 unspecified atom stereocenters. The fourth-order valence-electron chi connectivity index (χ4n) is 3.71. The van der Waals surface area contributed by atoms with Crippen molar-refractivity contribution in [1.29, 1.82) is 5.26 Å². The molecule has 0 fully saturated rings. The Kier molecular flexibility index (Phi) is 9.82. The molecular weight excluding hydrogens is 428 g/mol. The van der Waals surface area contributed by atoms with Crippen LogP contribution in [-0.4, -0.2) is 47.0 Å². The maximum atomic E-state index is 12.2. The Bertz CT molecular complexity index is 991. The molecule has 0 saturated heterocycles. The molecule has 4 N–H and O–H groups in total. The van der Waals surface area contributed by atoms with Crippen molar-refractivity contribution in [2.24, 2.45) is 5.41 Å². The third kappa shape index (κ3) is 8.99. The van der Waals surface area contributed by atoms with Crippen LogP contribution in [0.25, 0.3) is 0 Å². The number of nitriles is 1. The highest BCUT2D eigenvalue weighted by Gasteiger charge is 2.23. The van der Waals surface area contributed by atoms with Crippen molar-refractivity contribution >= 4 is 11.8 Å². The van der Waals surface area contributed by atoms with Crippen LogP contribution in [0.3, 0.4) is 0 Å². The largest absolute Gasteiger partial charge is 0.355 e. The predicted octanol–water partition coefficient (Wildman–Crippen LogP) is 3.52. The van der Waals surface area contributed by atoms with E-state index in [9.17, 15) is 9.59 Å². The van der Waals surface area contributed by atoms with E-state index in [4.69, 9.17) is 5.26 Å². The Morgan fingerprint density at radius 3 is 2.68 bits per heavy atom. The number of H-pyrrole nitrogens is 1. The summed E-state index contributed by atoms with van der Waals surface area (Å²) in [6.07, 6.45) is 14.2. The van der Waals surface area contributed by atoms with Crippen LogP contribution < -0.4 is 16.0 Å². The van der Waals surface area contributed by atoms with Gasteiger partial charge in [-0.1, -0.05) is 43.7 Å². The summed E-state index contributed by atoms with van der Waals surface area (Å²) in [6, 6.07) is 1.92. The van der Waals surface area contributed by atoms with E-state index < -0.39 is 0 Å². The Balaban J connectivity index is 2.04. The van der Waals surface area contributed by atoms with Crippen LogP contribution in [0.1, 0.15) is 76.6 Å². The average molecular weight is 467 g/mol. The van der Waals surface area contributed by atoms with Gasteiger partial charge in [0.05, 0.1) is 6.20 Å². The minimum absolute atomic E-state index is 0.0448. The second kappa shape index (κ2) is 12.3. The molecule has 2 rings (SSSR count). The van der Waals surface area contributed by atoms with Crippen molar-refractivity contribution in [3.63, 3.8) is 0 Å². The van der Waals surface area contributed by atoms with Gasteiger partial charge in [-0.3, -0.25) is 9.59 Å². The van der Waals surface area contributed by atoms with Crippen LogP contribution >= 0.6 is 0 Å². The maximum absolute atomic E-state index is 12.2. The van der Waals surface area contributed by atoms with Gasteiger partial charge in [-0.15, -0.1) is 0 Å². The smallest absolute Gasteiger partial charge is 0.287 e. The second-order valence-corrected chi connectivity index (χ2v) is 10.00. The van der Waals surface area contributed by atoms with E-state index >= 15 is 0 Å². The molecule has 1 aliphatic carbocycles. The van der Waals surface area contributed by atoms with Gasteiger partial charge in [-0.05, 0) is 50.5 Å². The van der Waals surface area contributed by atoms with Crippen molar-refractivity contribution < 1.29 is 9.59 Å². The van der Waals surface area contributed by atoms with Gasteiger partial charge in [0.1, 0.15) is 11.8 Å². The number of imidazole rings is 1. The molecule has 1 aliphatic rings. The van der Waals surface area contributed by atoms with E-state index in [0.717, 1.165) is 24.8 Å². The standard InChI is InChI=1S/C26H38N6O2/c1-19(33)28-15-16-31-26(4,5)21(9-8-20-10-12-25(2,3)13-11-20)7-6-14-29-24(34)23-30-18-22(17-27)32-23/h6-7,9-10,18,31H,8,11-16H2,1-5H3,(H,28,33)(H,29,34)(H,30,32)/b7-6-,21-9+. The summed E-state index contributed by atoms with van der Waals surface area (Å²) in [5, 5.41) is 18.0. The van der Waals surface area contributed by atoms with Crippen LogP contribution in [0.5, 0.6) is 0 Å². The maximum Gasteiger partial charge on any atom is 0.287 e. The monoisotopic (exact) mass is 466 g/mol. The fraction of sp³-hybridized carbons (Fsp3) is 0.538. The number of nitrogens with zero attached hydrogens (tertiary/aromatic N) is 2. The molecule has 8 heteroatoms. The molecule has 1 aromatic rings. The van der Waals surface area contributed by atoms with Gasteiger partial charge in [-0.2, -0.15) is 5.26 Å². The molecule has 0 aliphatic heterocycles. The molecule has 1 heterocycles. The van der Waals surface area contributed by atoms with Crippen molar-refractivity contribution in [1.82, 2.24) is 25.9 Å². The van der Waals surface area contributed by atoms with Gasteiger partial charge >= 0.3 is 0 Å². The minimum atomic E-state index is -0.362. The quantitative estimate of drug-likeness (QED) is 0.226. The number of hydrogen-bond donors (Lipinski definition) is 4. The molecule has 0 atom stereocenters. The molecule has 1 aromatic heterocycles. The van der Waals surface area contributed by atoms with Crippen LogP contribution in [-0.2, 0) is 4.79 Å². The lowest BCUT2D eigenvalue weighted by atomic mass is 9.77. The third-order valence-electron chi connectivity index (χ3n) is 6.03. The van der Waals surface area contributed by atoms with Crippen LogP contribution in [0.15, 0.2) is 41.6 Å². The number of rotatable bonds is 11. The third-order valence-corrected chi connectivity index (χ3v) is 6.03. The topological polar surface area (TPSA) is 123 Å². The second-order valence-electron chi connectivity index (χ2n) is 10.00. The number of amides is 2. The van der Waals surface area contributed by atoms with Crippen LogP contribution in [0.2, 0.25) is 0 Å². The van der Waals surface area contributed by atoms with E-state index in [0.29, 0.717) is 25.0 Å². The van der Waals surface area contributed by atoms with Gasteiger partial charge in [-0.25, -0.2) is 4.98 Å². The van der Waals surface area contributed by atoms with Gasteiger partial charge in [0.15, 0.2) is 5.82 Å². The molecule has 0 saturated carbocycles. The normalized spacial score (nSPS) is 16.1. The van der Waals surface area contributed by atoms with Crippen molar-refractivity contribution in [3.05, 3.63) is 53.2 Å². The first-order chi connectivity index (χ1) is 16.0. The Morgan fingerprint density at radius 1 is 1.29 bits per heavy atom. The zero-order chi connectivity index (χ0) is 25.2. The van der Waals surface area contributed by atoms with E-state index in [1.807, 2.05) is 18.2 Å². The van der Waals surface area contributed by atoms with Crippen LogP contribution in [0, 0.1) is 16.7 Å². The lowest BCUT2D eigenvalue weighted by Crippen LogP contribution is -2.44. The Hall–Kier alpha value is -3.18. The van der Waals surface area contributed by atoms with E-state index in [2.05, 4.69) is 65.8 Å². The van der Waals surface area contributed by atoms with Gasteiger partial charge in [0, 0.05) is 32.1 Å². The van der Waals surface area contributed by atoms with Crippen molar-refractivity contribution in [2.75, 3.05) is 19.6 Å². The summed E-state index contributed by atoms with van der Waals surface area (Å²) in [5.41, 5.74) is 2.87. The van der Waals surface area contributed by atoms with Gasteiger partial charge in [0.25, 0.3) is 5.91 Å². The molecule has 8 nitrogen and oxygen atoms in total. The predicted molar refractivity (Wildman–Crippen MR) is 134 cm³/mol. The zero-order valence-corrected chi connectivity index (χ0v) is 21.0. The Labute approximate surface area is 203 Å². The van der Waals surface area contributed by atoms with Crippen molar-refractivity contribution in [2.45, 2.75) is 65.8 Å². The average Bonchev–Trinajstić information content (AvgIpc) is 3.26. The Morgan fingerprint density at radius 2 is 2.06 bits per heavy atom. The number of nitrogens with one attached hydrogen (secondary N) is 4. The molecule has 2 amide bonds. The van der Waals surface area contributed by atoms with Gasteiger partial charge in [0.2, 0.25) is 5.91 Å². The summed E-state index contributed by atoms with van der Waals surface area (Å²) >= 11 is 0. The lowest BCUT2D eigenvalue weighted by molar-refractivity contribution is -0.118. The first kappa shape index (κ1) is 27.1. The highest BCUT2D eigenvalue weighted by Crippen LogP contribution is 2.35. The number of hydrogen-bond acceptors (Lipinski definition) is 5. The summed E-state index contributed by atoms with van der Waals surface area (Å²) in [4.78, 5) is 29.9.